The van der Waals surface area contributed by atoms with Crippen molar-refractivity contribution in [1.29, 1.82) is 0 Å². The summed E-state index contributed by atoms with van der Waals surface area (Å²) in [7, 11) is 0. The molecule has 0 saturated carbocycles. The number of nitrogens with zero attached hydrogens (tertiary/aromatic N) is 1. The first-order chi connectivity index (χ1) is 9.90. The van der Waals surface area contributed by atoms with Gasteiger partial charge in [0.25, 0.3) is 5.69 Å². The molecule has 0 heterocycles. The summed E-state index contributed by atoms with van der Waals surface area (Å²) in [6, 6.07) is 8.87. The Balaban J connectivity index is 2.48. The third kappa shape index (κ3) is 3.19. The highest BCUT2D eigenvalue weighted by molar-refractivity contribution is 9.10. The standard InChI is InChI=1S/C14H10BrNO5/c1-8-5-6-9(16(19)20)7-12(8)21-11-4-2-3-10(15)13(11)14(17)18/h2-7H,1H3,(H,17,18). The van der Waals surface area contributed by atoms with Gasteiger partial charge in [0.2, 0.25) is 0 Å². The lowest BCUT2D eigenvalue weighted by Crippen LogP contribution is -2.02. The maximum absolute atomic E-state index is 11.3. The van der Waals surface area contributed by atoms with E-state index in [1.807, 2.05) is 0 Å². The lowest BCUT2D eigenvalue weighted by Gasteiger charge is -2.11. The van der Waals surface area contributed by atoms with Crippen molar-refractivity contribution < 1.29 is 19.6 Å². The van der Waals surface area contributed by atoms with Crippen LogP contribution in [0, 0.1) is 17.0 Å². The zero-order valence-electron chi connectivity index (χ0n) is 10.9. The molecule has 0 aromatic heterocycles. The molecule has 7 heteroatoms. The number of benzene rings is 2. The number of hydrogen-bond donors (Lipinski definition) is 1. The van der Waals surface area contributed by atoms with Gasteiger partial charge in [-0.05, 0) is 46.6 Å². The quantitative estimate of drug-likeness (QED) is 0.659. The van der Waals surface area contributed by atoms with Gasteiger partial charge in [0.1, 0.15) is 17.1 Å². The van der Waals surface area contributed by atoms with E-state index in [1.54, 1.807) is 25.1 Å². The third-order valence-corrected chi connectivity index (χ3v) is 3.45. The predicted octanol–water partition coefficient (Wildman–Crippen LogP) is 4.16. The Hall–Kier alpha value is -2.41. The number of halogens is 1. The minimum Gasteiger partial charge on any atom is -0.478 e. The molecule has 2 aromatic carbocycles. The highest BCUT2D eigenvalue weighted by atomic mass is 79.9. The van der Waals surface area contributed by atoms with Gasteiger partial charge >= 0.3 is 5.97 Å². The number of rotatable bonds is 4. The molecule has 0 amide bonds. The number of aromatic carboxylic acids is 1. The summed E-state index contributed by atoms with van der Waals surface area (Å²) in [5.74, 6) is -0.800. The van der Waals surface area contributed by atoms with Crippen LogP contribution in [0.5, 0.6) is 11.5 Å². The van der Waals surface area contributed by atoms with Crippen molar-refractivity contribution in [1.82, 2.24) is 0 Å². The lowest BCUT2D eigenvalue weighted by molar-refractivity contribution is -0.384. The molecule has 0 fully saturated rings. The van der Waals surface area contributed by atoms with Crippen molar-refractivity contribution in [2.24, 2.45) is 0 Å². The smallest absolute Gasteiger partial charge is 0.340 e. The average Bonchev–Trinajstić information content (AvgIpc) is 2.40. The van der Waals surface area contributed by atoms with Gasteiger partial charge in [-0.3, -0.25) is 10.1 Å². The van der Waals surface area contributed by atoms with Gasteiger partial charge in [-0.15, -0.1) is 0 Å². The Labute approximate surface area is 128 Å². The molecular formula is C14H10BrNO5. The van der Waals surface area contributed by atoms with E-state index in [0.29, 0.717) is 10.0 Å². The predicted molar refractivity (Wildman–Crippen MR) is 79.0 cm³/mol. The second kappa shape index (κ2) is 5.92. The second-order valence-electron chi connectivity index (χ2n) is 4.23. The van der Waals surface area contributed by atoms with Crippen LogP contribution < -0.4 is 4.74 Å². The molecule has 21 heavy (non-hydrogen) atoms. The zero-order valence-corrected chi connectivity index (χ0v) is 12.5. The van der Waals surface area contributed by atoms with E-state index < -0.39 is 10.9 Å². The molecule has 0 aliphatic rings. The van der Waals surface area contributed by atoms with E-state index in [4.69, 9.17) is 4.74 Å². The van der Waals surface area contributed by atoms with Crippen molar-refractivity contribution in [2.75, 3.05) is 0 Å². The minimum absolute atomic E-state index is 0.0385. The fourth-order valence-corrected chi connectivity index (χ4v) is 2.25. The molecule has 6 nitrogen and oxygen atoms in total. The van der Waals surface area contributed by atoms with Gasteiger partial charge in [-0.2, -0.15) is 0 Å². The Bertz CT molecular complexity index is 729. The minimum atomic E-state index is -1.15. The number of nitro benzene ring substituents is 1. The number of carboxylic acid groups (broad SMARTS) is 1. The van der Waals surface area contributed by atoms with Crippen LogP contribution in [0.3, 0.4) is 0 Å². The largest absolute Gasteiger partial charge is 0.478 e. The molecule has 0 atom stereocenters. The van der Waals surface area contributed by atoms with E-state index in [9.17, 15) is 20.0 Å². The number of aryl methyl sites for hydroxylation is 1. The molecular weight excluding hydrogens is 342 g/mol. The van der Waals surface area contributed by atoms with Crippen LogP contribution in [0.25, 0.3) is 0 Å². The lowest BCUT2D eigenvalue weighted by atomic mass is 10.2. The normalized spacial score (nSPS) is 10.2. The van der Waals surface area contributed by atoms with Crippen LogP contribution in [0.1, 0.15) is 15.9 Å². The fourth-order valence-electron chi connectivity index (χ4n) is 1.73. The highest BCUT2D eigenvalue weighted by Crippen LogP contribution is 2.33. The van der Waals surface area contributed by atoms with Crippen LogP contribution in [0.15, 0.2) is 40.9 Å². The van der Waals surface area contributed by atoms with Crippen LogP contribution in [0.4, 0.5) is 5.69 Å². The van der Waals surface area contributed by atoms with Crippen molar-refractivity contribution in [3.63, 3.8) is 0 Å². The van der Waals surface area contributed by atoms with Crippen molar-refractivity contribution in [2.45, 2.75) is 6.92 Å². The van der Waals surface area contributed by atoms with E-state index in [0.717, 1.165) is 0 Å². The summed E-state index contributed by atoms with van der Waals surface area (Å²) in [5.41, 5.74) is 0.503. The summed E-state index contributed by atoms with van der Waals surface area (Å²) in [5, 5.41) is 20.0. The van der Waals surface area contributed by atoms with Crippen LogP contribution in [-0.4, -0.2) is 16.0 Å². The molecule has 0 unspecified atom stereocenters. The van der Waals surface area contributed by atoms with Crippen LogP contribution in [-0.2, 0) is 0 Å². The van der Waals surface area contributed by atoms with Crippen molar-refractivity contribution in [3.05, 3.63) is 62.1 Å². The molecule has 0 aliphatic carbocycles. The number of non-ortho nitro benzene ring substituents is 1. The van der Waals surface area contributed by atoms with Crippen LogP contribution in [0.2, 0.25) is 0 Å². The summed E-state index contributed by atoms with van der Waals surface area (Å²) < 4.78 is 5.93. The molecule has 0 radical (unpaired) electrons. The van der Waals surface area contributed by atoms with Gasteiger partial charge in [-0.25, -0.2) is 4.79 Å². The van der Waals surface area contributed by atoms with Gasteiger partial charge in [-0.1, -0.05) is 6.07 Å². The van der Waals surface area contributed by atoms with E-state index in [-0.39, 0.29) is 22.7 Å². The molecule has 0 aliphatic heterocycles. The first-order valence-corrected chi connectivity index (χ1v) is 6.64. The monoisotopic (exact) mass is 351 g/mol. The maximum Gasteiger partial charge on any atom is 0.340 e. The molecule has 0 saturated heterocycles. The number of nitro groups is 1. The first kappa shape index (κ1) is 15.0. The molecule has 2 rings (SSSR count). The molecule has 2 aromatic rings. The van der Waals surface area contributed by atoms with Gasteiger partial charge in [0.15, 0.2) is 0 Å². The number of hydrogen-bond acceptors (Lipinski definition) is 4. The fraction of sp³-hybridized carbons (Fsp3) is 0.0714. The Kier molecular flexibility index (Phi) is 4.23. The van der Waals surface area contributed by atoms with Crippen LogP contribution >= 0.6 is 15.9 Å². The zero-order chi connectivity index (χ0) is 15.6. The van der Waals surface area contributed by atoms with Crippen molar-refractivity contribution >= 4 is 27.6 Å². The maximum atomic E-state index is 11.3. The Morgan fingerprint density at radius 1 is 1.29 bits per heavy atom. The molecule has 0 spiro atoms. The number of ether oxygens (including phenoxy) is 1. The molecule has 1 N–H and O–H groups in total. The number of carbonyl (C=O) groups is 1. The highest BCUT2D eigenvalue weighted by Gasteiger charge is 2.17. The second-order valence-corrected chi connectivity index (χ2v) is 5.08. The Morgan fingerprint density at radius 3 is 2.62 bits per heavy atom. The van der Waals surface area contributed by atoms with Crippen molar-refractivity contribution in [3.8, 4) is 11.5 Å². The average molecular weight is 352 g/mol. The summed E-state index contributed by atoms with van der Waals surface area (Å²) in [6.07, 6.45) is 0. The van der Waals surface area contributed by atoms with Gasteiger partial charge < -0.3 is 9.84 Å². The first-order valence-electron chi connectivity index (χ1n) is 5.85. The van der Waals surface area contributed by atoms with Gasteiger partial charge in [0, 0.05) is 10.5 Å². The summed E-state index contributed by atoms with van der Waals surface area (Å²) in [4.78, 5) is 21.5. The summed E-state index contributed by atoms with van der Waals surface area (Å²) in [6.45, 7) is 1.72. The molecule has 108 valence electrons. The molecule has 0 bridgehead atoms. The van der Waals surface area contributed by atoms with Gasteiger partial charge in [0.05, 0.1) is 11.0 Å². The topological polar surface area (TPSA) is 89.7 Å². The Morgan fingerprint density at radius 2 is 2.00 bits per heavy atom. The third-order valence-electron chi connectivity index (χ3n) is 2.79. The van der Waals surface area contributed by atoms with E-state index in [2.05, 4.69) is 15.9 Å². The van der Waals surface area contributed by atoms with E-state index >= 15 is 0 Å². The summed E-state index contributed by atoms with van der Waals surface area (Å²) >= 11 is 3.15. The van der Waals surface area contributed by atoms with E-state index in [1.165, 1.54) is 18.2 Å². The SMILES string of the molecule is Cc1ccc([N+](=O)[O-])cc1Oc1cccc(Br)c1C(=O)O. The number of carboxylic acids is 1.